The van der Waals surface area contributed by atoms with Gasteiger partial charge in [-0.25, -0.2) is 0 Å². The Balaban J connectivity index is 1.84. The van der Waals surface area contributed by atoms with Crippen molar-refractivity contribution < 1.29 is 29.3 Å². The Morgan fingerprint density at radius 3 is 2.32 bits per heavy atom. The standard InChI is InChI=1S/C28H27ClN2O6/c1-30-20-15-23(37-12-6-11-33)22(36-2)14-18(20)24-21(30)13-17(16-7-3-4-8-19(16)29)25-26(24)28(35)31(27(25)34)9-5-10-32/h3-4,7-8,13-15,32-33H,5-6,9-12H2,1-2H3. The number of fused-ring (bicyclic) bond motifs is 5. The zero-order valence-electron chi connectivity index (χ0n) is 20.6. The van der Waals surface area contributed by atoms with Crippen molar-refractivity contribution in [2.75, 3.05) is 33.5 Å². The first-order valence-electron chi connectivity index (χ1n) is 12.1. The highest BCUT2D eigenvalue weighted by molar-refractivity contribution is 6.36. The molecule has 2 N–H and O–H groups in total. The number of hydrogen-bond donors (Lipinski definition) is 2. The first-order valence-corrected chi connectivity index (χ1v) is 12.4. The van der Waals surface area contributed by atoms with Crippen molar-refractivity contribution >= 4 is 45.2 Å². The fraction of sp³-hybridized carbons (Fsp3) is 0.286. The van der Waals surface area contributed by atoms with Gasteiger partial charge in [0.1, 0.15) is 0 Å². The maximum atomic E-state index is 13.7. The van der Waals surface area contributed by atoms with Crippen LogP contribution in [0.2, 0.25) is 5.02 Å². The lowest BCUT2D eigenvalue weighted by molar-refractivity contribution is 0.0646. The van der Waals surface area contributed by atoms with Crippen LogP contribution in [0.1, 0.15) is 33.6 Å². The van der Waals surface area contributed by atoms with E-state index in [2.05, 4.69) is 0 Å². The first-order chi connectivity index (χ1) is 17.9. The number of hydrogen-bond acceptors (Lipinski definition) is 6. The Hall–Kier alpha value is -3.59. The van der Waals surface area contributed by atoms with Crippen molar-refractivity contribution in [3.8, 4) is 22.6 Å². The Bertz CT molecular complexity index is 1540. The number of imide groups is 1. The number of carbonyl (C=O) groups excluding carboxylic acids is 2. The second kappa shape index (κ2) is 10.0. The van der Waals surface area contributed by atoms with E-state index >= 15 is 0 Å². The molecule has 0 radical (unpaired) electrons. The van der Waals surface area contributed by atoms with Gasteiger partial charge in [0.2, 0.25) is 0 Å². The lowest BCUT2D eigenvalue weighted by atomic mass is 9.93. The van der Waals surface area contributed by atoms with Crippen LogP contribution in [0, 0.1) is 0 Å². The molecule has 8 nitrogen and oxygen atoms in total. The zero-order chi connectivity index (χ0) is 26.3. The third-order valence-electron chi connectivity index (χ3n) is 6.76. The Labute approximate surface area is 218 Å². The van der Waals surface area contributed by atoms with Crippen LogP contribution >= 0.6 is 11.6 Å². The summed E-state index contributed by atoms with van der Waals surface area (Å²) in [6.07, 6.45) is 0.763. The number of benzene rings is 3. The quantitative estimate of drug-likeness (QED) is 0.249. The van der Waals surface area contributed by atoms with Crippen LogP contribution in [-0.2, 0) is 7.05 Å². The van der Waals surface area contributed by atoms with E-state index < -0.39 is 11.8 Å². The fourth-order valence-corrected chi connectivity index (χ4v) is 5.24. The molecule has 37 heavy (non-hydrogen) atoms. The molecular formula is C28H27ClN2O6. The highest BCUT2D eigenvalue weighted by atomic mass is 35.5. The van der Waals surface area contributed by atoms with E-state index in [1.165, 1.54) is 12.0 Å². The summed E-state index contributed by atoms with van der Waals surface area (Å²) < 4.78 is 13.4. The number of nitrogens with zero attached hydrogens (tertiary/aromatic N) is 2. The summed E-state index contributed by atoms with van der Waals surface area (Å²) in [4.78, 5) is 28.6. The molecule has 9 heteroatoms. The zero-order valence-corrected chi connectivity index (χ0v) is 21.3. The van der Waals surface area contributed by atoms with Crippen LogP contribution in [0.25, 0.3) is 32.9 Å². The Morgan fingerprint density at radius 2 is 1.62 bits per heavy atom. The molecule has 0 fully saturated rings. The predicted molar refractivity (Wildman–Crippen MR) is 142 cm³/mol. The van der Waals surface area contributed by atoms with Gasteiger partial charge in [-0.2, -0.15) is 0 Å². The minimum Gasteiger partial charge on any atom is -0.493 e. The van der Waals surface area contributed by atoms with Crippen LogP contribution in [0.3, 0.4) is 0 Å². The van der Waals surface area contributed by atoms with Crippen molar-refractivity contribution in [2.24, 2.45) is 7.05 Å². The average Bonchev–Trinajstić information content (AvgIpc) is 3.31. The smallest absolute Gasteiger partial charge is 0.262 e. The number of methoxy groups -OCH3 is 1. The van der Waals surface area contributed by atoms with E-state index in [1.54, 1.807) is 6.07 Å². The second-order valence-corrected chi connectivity index (χ2v) is 9.30. The van der Waals surface area contributed by atoms with E-state index in [0.717, 1.165) is 16.4 Å². The van der Waals surface area contributed by atoms with Gasteiger partial charge in [0.15, 0.2) is 11.5 Å². The maximum absolute atomic E-state index is 13.7. The highest BCUT2D eigenvalue weighted by Gasteiger charge is 2.40. The molecule has 3 aromatic carbocycles. The van der Waals surface area contributed by atoms with Crippen molar-refractivity contribution in [2.45, 2.75) is 12.8 Å². The van der Waals surface area contributed by atoms with Gasteiger partial charge < -0.3 is 24.3 Å². The third-order valence-corrected chi connectivity index (χ3v) is 7.09. The summed E-state index contributed by atoms with van der Waals surface area (Å²) in [7, 11) is 3.43. The molecule has 0 saturated carbocycles. The molecular weight excluding hydrogens is 496 g/mol. The third kappa shape index (κ3) is 4.01. The van der Waals surface area contributed by atoms with Crippen LogP contribution in [0.4, 0.5) is 0 Å². The van der Waals surface area contributed by atoms with Crippen LogP contribution < -0.4 is 9.47 Å². The topological polar surface area (TPSA) is 101 Å². The number of rotatable bonds is 9. The lowest BCUT2D eigenvalue weighted by Crippen LogP contribution is -2.31. The normalized spacial score (nSPS) is 13.2. The van der Waals surface area contributed by atoms with Gasteiger partial charge in [-0.05, 0) is 30.2 Å². The minimum atomic E-state index is -0.404. The number of aromatic nitrogens is 1. The molecule has 5 rings (SSSR count). The summed E-state index contributed by atoms with van der Waals surface area (Å²) in [5.41, 5.74) is 3.40. The van der Waals surface area contributed by atoms with E-state index in [-0.39, 0.29) is 26.2 Å². The summed E-state index contributed by atoms with van der Waals surface area (Å²) in [5.74, 6) is 0.195. The van der Waals surface area contributed by atoms with Crippen LogP contribution in [0.5, 0.6) is 11.5 Å². The van der Waals surface area contributed by atoms with Crippen LogP contribution in [0.15, 0.2) is 42.5 Å². The molecule has 2 heterocycles. The molecule has 1 aliphatic rings. The van der Waals surface area contributed by atoms with E-state index in [4.69, 9.17) is 26.2 Å². The van der Waals surface area contributed by atoms with Gasteiger partial charge in [-0.15, -0.1) is 0 Å². The van der Waals surface area contributed by atoms with Gasteiger partial charge in [0.25, 0.3) is 11.8 Å². The molecule has 0 spiro atoms. The van der Waals surface area contributed by atoms with Gasteiger partial charge in [-0.1, -0.05) is 29.8 Å². The number of aryl methyl sites for hydroxylation is 1. The number of carbonyl (C=O) groups is 2. The maximum Gasteiger partial charge on any atom is 0.262 e. The first kappa shape index (κ1) is 25.1. The number of aliphatic hydroxyl groups is 2. The molecule has 2 amide bonds. The van der Waals surface area contributed by atoms with Crippen LogP contribution in [-0.4, -0.2) is 65.0 Å². The Morgan fingerprint density at radius 1 is 0.892 bits per heavy atom. The SMILES string of the molecule is COc1cc2c3c4c(c(-c5ccccc5Cl)cc3n(C)c2cc1OCCCO)C(=O)N(CCCO)C4=O. The summed E-state index contributed by atoms with van der Waals surface area (Å²) in [6.45, 7) is 0.313. The van der Waals surface area contributed by atoms with Gasteiger partial charge >= 0.3 is 0 Å². The van der Waals surface area contributed by atoms with Crippen molar-refractivity contribution in [3.63, 3.8) is 0 Å². The highest BCUT2D eigenvalue weighted by Crippen LogP contribution is 2.45. The lowest BCUT2D eigenvalue weighted by Gasteiger charge is -2.13. The molecule has 4 aromatic rings. The van der Waals surface area contributed by atoms with Gasteiger partial charge in [0.05, 0.1) is 35.9 Å². The van der Waals surface area contributed by atoms with Gasteiger partial charge in [0, 0.05) is 60.7 Å². The molecule has 0 bridgehead atoms. The molecule has 192 valence electrons. The number of aliphatic hydroxyl groups excluding tert-OH is 2. The number of ether oxygens (including phenoxy) is 2. The number of halogens is 1. The predicted octanol–water partition coefficient (Wildman–Crippen LogP) is 4.40. The minimum absolute atomic E-state index is 0.0124. The molecule has 0 aliphatic carbocycles. The monoisotopic (exact) mass is 522 g/mol. The molecule has 1 aliphatic heterocycles. The molecule has 1 aromatic heterocycles. The Kier molecular flexibility index (Phi) is 6.81. The van der Waals surface area contributed by atoms with E-state index in [9.17, 15) is 14.7 Å². The average molecular weight is 523 g/mol. The van der Waals surface area contributed by atoms with E-state index in [0.29, 0.717) is 57.2 Å². The molecule has 0 saturated heterocycles. The summed E-state index contributed by atoms with van der Waals surface area (Å²) >= 11 is 6.55. The second-order valence-electron chi connectivity index (χ2n) is 8.89. The molecule has 0 unspecified atom stereocenters. The fourth-order valence-electron chi connectivity index (χ4n) is 5.00. The van der Waals surface area contributed by atoms with E-state index in [1.807, 2.05) is 48.0 Å². The van der Waals surface area contributed by atoms with Crippen molar-refractivity contribution in [1.29, 1.82) is 0 Å². The molecule has 0 atom stereocenters. The summed E-state index contributed by atoms with van der Waals surface area (Å²) in [6, 6.07) is 12.8. The summed E-state index contributed by atoms with van der Waals surface area (Å²) in [5, 5.41) is 20.3. The van der Waals surface area contributed by atoms with Crippen molar-refractivity contribution in [1.82, 2.24) is 9.47 Å². The van der Waals surface area contributed by atoms with Crippen molar-refractivity contribution in [3.05, 3.63) is 58.6 Å². The van der Waals surface area contributed by atoms with Gasteiger partial charge in [-0.3, -0.25) is 14.5 Å². The number of amides is 2. The largest absolute Gasteiger partial charge is 0.493 e.